The van der Waals surface area contributed by atoms with E-state index >= 15 is 0 Å². The molecule has 0 aromatic carbocycles. The largest absolute Gasteiger partial charge is 0.477 e. The summed E-state index contributed by atoms with van der Waals surface area (Å²) in [5.41, 5.74) is 0.738. The Bertz CT molecular complexity index is 539. The number of aromatic carboxylic acids is 1. The summed E-state index contributed by atoms with van der Waals surface area (Å²) in [7, 11) is -3.99. The Labute approximate surface area is 104 Å². The van der Waals surface area contributed by atoms with E-state index in [1.807, 2.05) is 0 Å². The Morgan fingerprint density at radius 1 is 1.44 bits per heavy atom. The number of nitrogens with zero attached hydrogens (tertiary/aromatic N) is 1. The Balaban J connectivity index is 2.61. The molecule has 1 heterocycles. The highest BCUT2D eigenvalue weighted by molar-refractivity contribution is 7.85. The van der Waals surface area contributed by atoms with Gasteiger partial charge in [-0.3, -0.25) is 9.39 Å². The van der Waals surface area contributed by atoms with Gasteiger partial charge in [-0.1, -0.05) is 0 Å². The second-order valence-electron chi connectivity index (χ2n) is 3.66. The van der Waals surface area contributed by atoms with Crippen molar-refractivity contribution in [2.45, 2.75) is 13.3 Å². The van der Waals surface area contributed by atoms with Gasteiger partial charge in [-0.15, -0.1) is 0 Å². The predicted molar refractivity (Wildman–Crippen MR) is 60.8 cm³/mol. The molecule has 0 aliphatic heterocycles. The van der Waals surface area contributed by atoms with Gasteiger partial charge in [0.15, 0.2) is 6.61 Å². The molecule has 0 atom stereocenters. The number of aromatic nitrogens is 1. The summed E-state index contributed by atoms with van der Waals surface area (Å²) in [4.78, 5) is 15.9. The highest BCUT2D eigenvalue weighted by Crippen LogP contribution is 1.97. The number of carbonyl (C=O) groups is 1. The van der Waals surface area contributed by atoms with Gasteiger partial charge < -0.3 is 5.11 Å². The quantitative estimate of drug-likeness (QED) is 0.419. The zero-order valence-electron chi connectivity index (χ0n) is 9.74. The first-order valence-electron chi connectivity index (χ1n) is 5.13. The molecule has 0 aliphatic rings. The molecule has 0 aliphatic carbocycles. The number of hydrogen-bond acceptors (Lipinski definition) is 4. The molecule has 0 unspecified atom stereocenters. The van der Waals surface area contributed by atoms with Crippen LogP contribution in [0.3, 0.4) is 0 Å². The van der Waals surface area contributed by atoms with E-state index in [0.717, 1.165) is 0 Å². The normalized spacial score (nSPS) is 11.2. The van der Waals surface area contributed by atoms with Crippen molar-refractivity contribution in [2.24, 2.45) is 0 Å². The minimum Gasteiger partial charge on any atom is -0.477 e. The topological polar surface area (TPSA) is 105 Å². The van der Waals surface area contributed by atoms with Crippen LogP contribution in [0.2, 0.25) is 0 Å². The van der Waals surface area contributed by atoms with Crippen molar-refractivity contribution in [2.75, 3.05) is 12.4 Å². The van der Waals surface area contributed by atoms with Gasteiger partial charge in [-0.05, 0) is 6.07 Å². The molecule has 0 spiro atoms. The first-order valence-corrected chi connectivity index (χ1v) is 6.74. The monoisotopic (exact) mass is 276 g/mol. The van der Waals surface area contributed by atoms with Gasteiger partial charge >= 0.3 is 5.97 Å². The molecule has 18 heavy (non-hydrogen) atoms. The second-order valence-corrected chi connectivity index (χ2v) is 5.23. The fourth-order valence-corrected chi connectivity index (χ4v) is 1.71. The maximum absolute atomic E-state index is 10.7. The molecule has 0 fully saturated rings. The summed E-state index contributed by atoms with van der Waals surface area (Å²) in [6.07, 6.45) is 1.41. The number of carboxylic acids is 1. The molecule has 0 radical (unpaired) electrons. The van der Waals surface area contributed by atoms with Gasteiger partial charge in [0.05, 0.1) is 5.75 Å². The van der Waals surface area contributed by atoms with Crippen molar-refractivity contribution >= 4 is 16.1 Å². The third-order valence-corrected chi connectivity index (χ3v) is 2.94. The van der Waals surface area contributed by atoms with Crippen LogP contribution in [0, 0.1) is 6.92 Å². The molecule has 100 valence electrons. The molecule has 1 aromatic rings. The smallest absolute Gasteiger partial charge is 0.341 e. The first kappa shape index (κ1) is 14.4. The zero-order valence-corrected chi connectivity index (χ0v) is 10.6. The van der Waals surface area contributed by atoms with Crippen molar-refractivity contribution < 1.29 is 32.4 Å². The van der Waals surface area contributed by atoms with Gasteiger partial charge in [0.1, 0.15) is 5.56 Å². The van der Waals surface area contributed by atoms with E-state index < -0.39 is 21.8 Å². The molecule has 1 aromatic heterocycles. The second kappa shape index (κ2) is 5.78. The lowest BCUT2D eigenvalue weighted by Gasteiger charge is -2.01. The maximum Gasteiger partial charge on any atom is 0.341 e. The lowest BCUT2D eigenvalue weighted by Crippen LogP contribution is -2.46. The SMILES string of the molecule is Cc1ccc(C(=O)O)c[n+]1OCCCS(=O)(=O)O. The standard InChI is InChI=1S/C10H13NO6S/c1-8-3-4-9(10(12)13)7-11(8)17-5-2-6-18(14,15)16/h3-4,7H,2,5-6H2,1H3,(H-,12,13,14,15,16)/p+1. The molecular weight excluding hydrogens is 262 g/mol. The average molecular weight is 276 g/mol. The van der Waals surface area contributed by atoms with Gasteiger partial charge in [0, 0.05) is 24.1 Å². The van der Waals surface area contributed by atoms with E-state index in [0.29, 0.717) is 5.69 Å². The molecular formula is C10H14NO6S+. The van der Waals surface area contributed by atoms with Crippen LogP contribution in [-0.4, -0.2) is 36.4 Å². The van der Waals surface area contributed by atoms with Gasteiger partial charge in [0.25, 0.3) is 10.1 Å². The highest BCUT2D eigenvalue weighted by atomic mass is 32.2. The minimum atomic E-state index is -3.99. The van der Waals surface area contributed by atoms with Gasteiger partial charge in [-0.2, -0.15) is 8.42 Å². The van der Waals surface area contributed by atoms with Crippen molar-refractivity contribution in [3.63, 3.8) is 0 Å². The van der Waals surface area contributed by atoms with Crippen molar-refractivity contribution in [3.05, 3.63) is 29.6 Å². The first-order chi connectivity index (χ1) is 8.29. The molecule has 1 rings (SSSR count). The van der Waals surface area contributed by atoms with E-state index in [4.69, 9.17) is 14.5 Å². The fourth-order valence-electron chi connectivity index (χ4n) is 1.22. The molecule has 0 saturated carbocycles. The number of pyridine rings is 1. The van der Waals surface area contributed by atoms with E-state index in [9.17, 15) is 13.2 Å². The summed E-state index contributed by atoms with van der Waals surface area (Å²) >= 11 is 0. The highest BCUT2D eigenvalue weighted by Gasteiger charge is 2.14. The number of carboxylic acid groups (broad SMARTS) is 1. The summed E-state index contributed by atoms with van der Waals surface area (Å²) in [6.45, 7) is 1.77. The number of hydrogen-bond donors (Lipinski definition) is 2. The molecule has 0 saturated heterocycles. The fraction of sp³-hybridized carbons (Fsp3) is 0.400. The lowest BCUT2D eigenvalue weighted by molar-refractivity contribution is -0.895. The Kier molecular flexibility index (Phi) is 4.62. The van der Waals surface area contributed by atoms with Crippen molar-refractivity contribution in [1.82, 2.24) is 0 Å². The van der Waals surface area contributed by atoms with Crippen LogP contribution in [0.5, 0.6) is 0 Å². The average Bonchev–Trinajstić information content (AvgIpc) is 2.24. The number of rotatable bonds is 6. The Hall–Kier alpha value is -1.67. The molecule has 7 nitrogen and oxygen atoms in total. The Morgan fingerprint density at radius 2 is 2.11 bits per heavy atom. The summed E-state index contributed by atoms with van der Waals surface area (Å²) < 4.78 is 30.7. The van der Waals surface area contributed by atoms with Gasteiger partial charge in [0.2, 0.25) is 11.9 Å². The van der Waals surface area contributed by atoms with Gasteiger partial charge in [-0.25, -0.2) is 4.79 Å². The van der Waals surface area contributed by atoms with Crippen LogP contribution in [-0.2, 0) is 10.1 Å². The van der Waals surface area contributed by atoms with Crippen LogP contribution in [0.25, 0.3) is 0 Å². The minimum absolute atomic E-state index is 0.0500. The third-order valence-electron chi connectivity index (χ3n) is 2.13. The summed E-state index contributed by atoms with van der Waals surface area (Å²) in [5, 5.41) is 8.80. The lowest BCUT2D eigenvalue weighted by atomic mass is 10.2. The van der Waals surface area contributed by atoms with E-state index in [-0.39, 0.29) is 18.6 Å². The maximum atomic E-state index is 10.7. The summed E-state index contributed by atoms with van der Waals surface area (Å²) in [6, 6.07) is 3.02. The van der Waals surface area contributed by atoms with E-state index in [2.05, 4.69) is 0 Å². The molecule has 8 heteroatoms. The third kappa shape index (κ3) is 4.68. The summed E-state index contributed by atoms with van der Waals surface area (Å²) in [5.74, 6) is -1.48. The van der Waals surface area contributed by atoms with E-state index in [1.54, 1.807) is 13.0 Å². The van der Waals surface area contributed by atoms with Crippen LogP contribution in [0.15, 0.2) is 18.3 Å². The zero-order chi connectivity index (χ0) is 13.8. The van der Waals surface area contributed by atoms with Crippen LogP contribution in [0.1, 0.15) is 22.5 Å². The van der Waals surface area contributed by atoms with E-state index in [1.165, 1.54) is 17.0 Å². The Morgan fingerprint density at radius 3 is 2.67 bits per heavy atom. The van der Waals surface area contributed by atoms with Crippen molar-refractivity contribution in [1.29, 1.82) is 0 Å². The van der Waals surface area contributed by atoms with Crippen LogP contribution < -0.4 is 9.57 Å². The predicted octanol–water partition coefficient (Wildman–Crippen LogP) is -0.313. The van der Waals surface area contributed by atoms with Crippen LogP contribution in [0.4, 0.5) is 0 Å². The molecule has 0 bridgehead atoms. The molecule has 2 N–H and O–H groups in total. The van der Waals surface area contributed by atoms with Crippen molar-refractivity contribution in [3.8, 4) is 0 Å². The number of aryl methyl sites for hydroxylation is 1. The van der Waals surface area contributed by atoms with Crippen LogP contribution >= 0.6 is 0 Å². The molecule has 0 amide bonds.